The average Bonchev–Trinajstić information content (AvgIpc) is 2.66. The summed E-state index contributed by atoms with van der Waals surface area (Å²) in [6.45, 7) is 6.08. The van der Waals surface area contributed by atoms with E-state index >= 15 is 0 Å². The van der Waals surface area contributed by atoms with Crippen LogP contribution in [0.4, 0.5) is 40.7 Å². The van der Waals surface area contributed by atoms with Gasteiger partial charge < -0.3 is 20.3 Å². The first-order valence-corrected chi connectivity index (χ1v) is 10.8. The fraction of sp³-hybridized carbons (Fsp3) is 0.591. The van der Waals surface area contributed by atoms with Crippen LogP contribution in [0.25, 0.3) is 0 Å². The first-order chi connectivity index (χ1) is 16.5. The molecule has 9 nitrogen and oxygen atoms in total. The Morgan fingerprint density at radius 3 is 1.78 bits per heavy atom. The SMILES string of the molecule is CC(CC[C@@](C)(NC(=O)O)N(Cc1cc(C(F)(F)F)cc(C(F)(F)F)c1)C(=O)OC(C)(C)C)NC(=O)O. The van der Waals surface area contributed by atoms with Crippen molar-refractivity contribution in [3.63, 3.8) is 0 Å². The highest BCUT2D eigenvalue weighted by molar-refractivity contribution is 5.72. The lowest BCUT2D eigenvalue weighted by Crippen LogP contribution is -2.61. The lowest BCUT2D eigenvalue weighted by atomic mass is 9.98. The number of rotatable bonds is 8. The van der Waals surface area contributed by atoms with Crippen molar-refractivity contribution in [2.24, 2.45) is 0 Å². The number of hydrogen-bond acceptors (Lipinski definition) is 4. The quantitative estimate of drug-likeness (QED) is 0.239. The Morgan fingerprint density at radius 2 is 1.41 bits per heavy atom. The predicted octanol–water partition coefficient (Wildman–Crippen LogP) is 5.88. The Bertz CT molecular complexity index is 960. The van der Waals surface area contributed by atoms with Crippen LogP contribution in [0, 0.1) is 0 Å². The molecule has 0 saturated carbocycles. The number of carbonyl (C=O) groups excluding carboxylic acids is 1. The molecule has 0 spiro atoms. The summed E-state index contributed by atoms with van der Waals surface area (Å²) in [5.74, 6) is 0. The minimum absolute atomic E-state index is 0.0707. The molecule has 1 rings (SSSR count). The lowest BCUT2D eigenvalue weighted by Gasteiger charge is -2.42. The largest absolute Gasteiger partial charge is 0.465 e. The zero-order chi connectivity index (χ0) is 29.0. The van der Waals surface area contributed by atoms with Crippen LogP contribution in [0.3, 0.4) is 0 Å². The molecule has 0 aliphatic carbocycles. The highest BCUT2D eigenvalue weighted by atomic mass is 19.4. The minimum Gasteiger partial charge on any atom is -0.465 e. The molecule has 1 aromatic carbocycles. The average molecular weight is 545 g/mol. The van der Waals surface area contributed by atoms with Gasteiger partial charge in [0.05, 0.1) is 17.7 Å². The van der Waals surface area contributed by atoms with Crippen molar-refractivity contribution in [3.05, 3.63) is 34.9 Å². The maximum atomic E-state index is 13.4. The van der Waals surface area contributed by atoms with E-state index in [0.29, 0.717) is 17.0 Å². The van der Waals surface area contributed by atoms with Gasteiger partial charge in [-0.2, -0.15) is 26.3 Å². The minimum atomic E-state index is -5.15. The van der Waals surface area contributed by atoms with E-state index in [0.717, 1.165) is 0 Å². The van der Waals surface area contributed by atoms with E-state index in [2.05, 4.69) is 10.6 Å². The third-order valence-corrected chi connectivity index (χ3v) is 5.01. The number of benzene rings is 1. The zero-order valence-electron chi connectivity index (χ0n) is 20.7. The van der Waals surface area contributed by atoms with Gasteiger partial charge in [0.1, 0.15) is 11.3 Å². The highest BCUT2D eigenvalue weighted by Gasteiger charge is 2.41. The number of nitrogens with zero attached hydrogens (tertiary/aromatic N) is 1. The van der Waals surface area contributed by atoms with Crippen LogP contribution in [0.1, 0.15) is 64.2 Å². The molecule has 4 N–H and O–H groups in total. The van der Waals surface area contributed by atoms with Gasteiger partial charge in [0, 0.05) is 6.04 Å². The fourth-order valence-corrected chi connectivity index (χ4v) is 3.33. The highest BCUT2D eigenvalue weighted by Crippen LogP contribution is 2.37. The van der Waals surface area contributed by atoms with Crippen molar-refractivity contribution in [2.45, 2.75) is 83.7 Å². The molecule has 3 amide bonds. The first-order valence-electron chi connectivity index (χ1n) is 10.8. The van der Waals surface area contributed by atoms with Crippen LogP contribution < -0.4 is 10.6 Å². The topological polar surface area (TPSA) is 128 Å². The second-order valence-electron chi connectivity index (χ2n) is 9.57. The molecular weight excluding hydrogens is 516 g/mol. The predicted molar refractivity (Wildman–Crippen MR) is 118 cm³/mol. The second-order valence-corrected chi connectivity index (χ2v) is 9.57. The summed E-state index contributed by atoms with van der Waals surface area (Å²) in [6, 6.07) is 0.0124. The van der Waals surface area contributed by atoms with Crippen molar-refractivity contribution in [2.75, 3.05) is 0 Å². The molecule has 0 aromatic heterocycles. The summed E-state index contributed by atoms with van der Waals surface area (Å²) in [4.78, 5) is 36.2. The summed E-state index contributed by atoms with van der Waals surface area (Å²) in [7, 11) is 0. The number of ether oxygens (including phenoxy) is 1. The molecule has 210 valence electrons. The summed E-state index contributed by atoms with van der Waals surface area (Å²) >= 11 is 0. The normalized spacial score (nSPS) is 14.8. The van der Waals surface area contributed by atoms with Crippen LogP contribution in [-0.4, -0.2) is 50.7 Å². The molecule has 0 radical (unpaired) electrons. The standard InChI is InChI=1S/C22H29F6N3O6/c1-12(29-16(32)33)6-7-20(5,30-17(34)35)31(18(36)37-19(2,3)4)11-13-8-14(21(23,24)25)10-15(9-13)22(26,27)28/h8-10,12,29-30H,6-7,11H2,1-5H3,(H,32,33)(H,34,35)/t12?,20-/m0/s1. The smallest absolute Gasteiger partial charge is 0.416 e. The van der Waals surface area contributed by atoms with E-state index in [9.17, 15) is 45.8 Å². The van der Waals surface area contributed by atoms with Crippen LogP contribution in [0.15, 0.2) is 18.2 Å². The van der Waals surface area contributed by atoms with Crippen LogP contribution in [-0.2, 0) is 23.6 Å². The Hall–Kier alpha value is -3.39. The molecule has 0 heterocycles. The summed E-state index contributed by atoms with van der Waals surface area (Å²) < 4.78 is 85.4. The number of alkyl halides is 6. The van der Waals surface area contributed by atoms with Gasteiger partial charge in [0.25, 0.3) is 0 Å². The van der Waals surface area contributed by atoms with E-state index in [1.165, 1.54) is 34.6 Å². The molecule has 15 heteroatoms. The molecular formula is C22H29F6N3O6. The molecule has 0 fully saturated rings. The van der Waals surface area contributed by atoms with E-state index in [1.807, 2.05) is 0 Å². The van der Waals surface area contributed by atoms with Crippen LogP contribution >= 0.6 is 0 Å². The van der Waals surface area contributed by atoms with Gasteiger partial charge in [0.2, 0.25) is 0 Å². The zero-order valence-corrected chi connectivity index (χ0v) is 20.7. The number of amides is 3. The van der Waals surface area contributed by atoms with E-state index in [1.54, 1.807) is 0 Å². The maximum absolute atomic E-state index is 13.4. The van der Waals surface area contributed by atoms with Gasteiger partial charge in [-0.15, -0.1) is 0 Å². The van der Waals surface area contributed by atoms with Crippen molar-refractivity contribution < 1.29 is 55.7 Å². The van der Waals surface area contributed by atoms with Gasteiger partial charge in [-0.25, -0.2) is 14.4 Å². The number of carboxylic acid groups (broad SMARTS) is 2. The van der Waals surface area contributed by atoms with Crippen molar-refractivity contribution in [3.8, 4) is 0 Å². The van der Waals surface area contributed by atoms with E-state index in [4.69, 9.17) is 9.84 Å². The number of carbonyl (C=O) groups is 3. The van der Waals surface area contributed by atoms with Gasteiger partial charge in [-0.3, -0.25) is 10.2 Å². The monoisotopic (exact) mass is 545 g/mol. The maximum Gasteiger partial charge on any atom is 0.416 e. The third kappa shape index (κ3) is 10.2. The van der Waals surface area contributed by atoms with E-state index in [-0.39, 0.29) is 18.9 Å². The summed E-state index contributed by atoms with van der Waals surface area (Å²) in [5.41, 5.74) is -6.93. The lowest BCUT2D eigenvalue weighted by molar-refractivity contribution is -0.143. The summed E-state index contributed by atoms with van der Waals surface area (Å²) in [5, 5.41) is 22.5. The van der Waals surface area contributed by atoms with Crippen LogP contribution in [0.2, 0.25) is 0 Å². The Morgan fingerprint density at radius 1 is 0.919 bits per heavy atom. The molecule has 1 unspecified atom stereocenters. The number of hydrogen-bond donors (Lipinski definition) is 4. The first kappa shape index (κ1) is 31.6. The Balaban J connectivity index is 3.64. The molecule has 37 heavy (non-hydrogen) atoms. The van der Waals surface area contributed by atoms with Crippen LogP contribution in [0.5, 0.6) is 0 Å². The molecule has 0 aliphatic heterocycles. The molecule has 0 saturated heterocycles. The number of nitrogens with one attached hydrogen (secondary N) is 2. The molecule has 0 bridgehead atoms. The second kappa shape index (κ2) is 11.3. The number of halogens is 6. The molecule has 1 aromatic rings. The molecule has 0 aliphatic rings. The van der Waals surface area contributed by atoms with Gasteiger partial charge in [0.15, 0.2) is 0 Å². The van der Waals surface area contributed by atoms with Gasteiger partial charge in [-0.05, 0) is 71.2 Å². The van der Waals surface area contributed by atoms with Crippen molar-refractivity contribution >= 4 is 18.3 Å². The third-order valence-electron chi connectivity index (χ3n) is 5.01. The Kier molecular flexibility index (Phi) is 9.69. The molecule has 2 atom stereocenters. The van der Waals surface area contributed by atoms with Gasteiger partial charge in [-0.1, -0.05) is 0 Å². The summed E-state index contributed by atoms with van der Waals surface area (Å²) in [6.07, 6.45) is -14.9. The van der Waals surface area contributed by atoms with E-state index < -0.39 is 71.2 Å². The fourth-order valence-electron chi connectivity index (χ4n) is 3.33. The van der Waals surface area contributed by atoms with Gasteiger partial charge >= 0.3 is 30.6 Å². The Labute approximate surface area is 208 Å². The van der Waals surface area contributed by atoms with Crippen molar-refractivity contribution in [1.29, 1.82) is 0 Å². The van der Waals surface area contributed by atoms with Crippen molar-refractivity contribution in [1.82, 2.24) is 15.5 Å².